The summed E-state index contributed by atoms with van der Waals surface area (Å²) in [5.74, 6) is 0.291. The molecule has 0 unspecified atom stereocenters. The van der Waals surface area contributed by atoms with Gasteiger partial charge in [-0.1, -0.05) is 17.2 Å². The number of nitrogens with one attached hydrogen (secondary N) is 2. The van der Waals surface area contributed by atoms with E-state index >= 15 is 0 Å². The van der Waals surface area contributed by atoms with E-state index in [2.05, 4.69) is 20.8 Å². The van der Waals surface area contributed by atoms with Crippen LogP contribution in [0.2, 0.25) is 0 Å². The van der Waals surface area contributed by atoms with Crippen LogP contribution in [0.25, 0.3) is 0 Å². The second-order valence-electron chi connectivity index (χ2n) is 4.30. The molecule has 0 atom stereocenters. The third-order valence-electron chi connectivity index (χ3n) is 2.63. The van der Waals surface area contributed by atoms with Crippen molar-refractivity contribution in [3.63, 3.8) is 0 Å². The van der Waals surface area contributed by atoms with Crippen molar-refractivity contribution in [3.05, 3.63) is 35.7 Å². The van der Waals surface area contributed by atoms with Gasteiger partial charge in [0, 0.05) is 24.2 Å². The van der Waals surface area contributed by atoms with Gasteiger partial charge in [-0.05, 0) is 19.1 Å². The molecule has 2 aromatic rings. The Morgan fingerprint density at radius 1 is 1.33 bits per heavy atom. The molecule has 1 heterocycles. The molecular weight excluding hydrogens is 274 g/mol. The van der Waals surface area contributed by atoms with Crippen molar-refractivity contribution in [2.75, 3.05) is 17.6 Å². The van der Waals surface area contributed by atoms with Crippen molar-refractivity contribution in [1.29, 1.82) is 0 Å². The van der Waals surface area contributed by atoms with Crippen LogP contribution >= 0.6 is 0 Å². The van der Waals surface area contributed by atoms with Crippen LogP contribution in [0.15, 0.2) is 28.7 Å². The topological polar surface area (TPSA) is 123 Å². The minimum absolute atomic E-state index is 0.00417. The van der Waals surface area contributed by atoms with Crippen LogP contribution in [0.3, 0.4) is 0 Å². The highest BCUT2D eigenvalue weighted by atomic mass is 16.4. The summed E-state index contributed by atoms with van der Waals surface area (Å²) in [7, 11) is 0. The number of benzene rings is 1. The van der Waals surface area contributed by atoms with Gasteiger partial charge in [-0.25, -0.2) is 4.79 Å². The van der Waals surface area contributed by atoms with Crippen LogP contribution in [-0.2, 0) is 6.42 Å². The van der Waals surface area contributed by atoms with E-state index < -0.39 is 0 Å². The molecule has 8 nitrogen and oxygen atoms in total. The molecule has 110 valence electrons. The van der Waals surface area contributed by atoms with Crippen molar-refractivity contribution >= 4 is 23.5 Å². The lowest BCUT2D eigenvalue weighted by atomic mass is 10.1. The number of nitrogens with two attached hydrogens (primary N) is 1. The number of aromatic nitrogens is 2. The smallest absolute Gasteiger partial charge is 0.319 e. The van der Waals surface area contributed by atoms with Crippen LogP contribution in [-0.4, -0.2) is 28.6 Å². The number of urea groups is 1. The second-order valence-corrected chi connectivity index (χ2v) is 4.30. The number of anilines is 2. The van der Waals surface area contributed by atoms with Crippen LogP contribution < -0.4 is 16.4 Å². The summed E-state index contributed by atoms with van der Waals surface area (Å²) in [4.78, 5) is 22.9. The van der Waals surface area contributed by atoms with E-state index in [1.807, 2.05) is 0 Å². The van der Waals surface area contributed by atoms with Gasteiger partial charge in [0.2, 0.25) is 5.89 Å². The SMILES string of the molecule is CC(=O)c1cccc(NC(=O)NCCc2nnc(N)o2)c1. The molecule has 0 fully saturated rings. The van der Waals surface area contributed by atoms with Crippen molar-refractivity contribution < 1.29 is 14.0 Å². The summed E-state index contributed by atoms with van der Waals surface area (Å²) < 4.78 is 4.97. The van der Waals surface area contributed by atoms with E-state index in [-0.39, 0.29) is 17.8 Å². The van der Waals surface area contributed by atoms with Gasteiger partial charge in [-0.2, -0.15) is 0 Å². The Morgan fingerprint density at radius 3 is 2.81 bits per heavy atom. The number of hydrogen-bond acceptors (Lipinski definition) is 6. The van der Waals surface area contributed by atoms with Crippen LogP contribution in [0.4, 0.5) is 16.5 Å². The molecule has 8 heteroatoms. The zero-order chi connectivity index (χ0) is 15.2. The van der Waals surface area contributed by atoms with Crippen molar-refractivity contribution in [1.82, 2.24) is 15.5 Å². The Bertz CT molecular complexity index is 653. The summed E-state index contributed by atoms with van der Waals surface area (Å²) in [6.45, 7) is 1.79. The Hall–Kier alpha value is -2.90. The largest absolute Gasteiger partial charge is 0.408 e. The highest BCUT2D eigenvalue weighted by Crippen LogP contribution is 2.10. The zero-order valence-electron chi connectivity index (χ0n) is 11.4. The van der Waals surface area contributed by atoms with Gasteiger partial charge >= 0.3 is 12.0 Å². The molecule has 0 saturated heterocycles. The molecule has 0 saturated carbocycles. The van der Waals surface area contributed by atoms with Gasteiger partial charge in [0.15, 0.2) is 5.78 Å². The number of ketones is 1. The third kappa shape index (κ3) is 4.30. The molecule has 4 N–H and O–H groups in total. The lowest BCUT2D eigenvalue weighted by Crippen LogP contribution is -2.30. The molecule has 0 aliphatic rings. The minimum Gasteiger partial charge on any atom is -0.408 e. The average Bonchev–Trinajstić information content (AvgIpc) is 2.84. The molecule has 21 heavy (non-hydrogen) atoms. The van der Waals surface area contributed by atoms with E-state index in [0.717, 1.165) is 0 Å². The number of nitrogens with zero attached hydrogens (tertiary/aromatic N) is 2. The molecular formula is C13H15N5O3. The monoisotopic (exact) mass is 289 g/mol. The number of Topliss-reactive ketones (excluding diaryl/α,β-unsaturated/α-hetero) is 1. The Balaban J connectivity index is 1.81. The lowest BCUT2D eigenvalue weighted by Gasteiger charge is -2.07. The Kier molecular flexibility index (Phi) is 4.50. The molecule has 0 aliphatic carbocycles. The number of nitrogen functional groups attached to an aromatic ring is 1. The normalized spacial score (nSPS) is 10.1. The standard InChI is InChI=1S/C13H15N5O3/c1-8(19)9-3-2-4-10(7-9)16-13(20)15-6-5-11-17-18-12(14)21-11/h2-4,7H,5-6H2,1H3,(H2,14,18)(H2,15,16,20). The first-order valence-electron chi connectivity index (χ1n) is 6.28. The maximum atomic E-state index is 11.7. The first kappa shape index (κ1) is 14.5. The number of hydrogen-bond donors (Lipinski definition) is 3. The first-order valence-corrected chi connectivity index (χ1v) is 6.28. The Morgan fingerprint density at radius 2 is 2.14 bits per heavy atom. The predicted molar refractivity (Wildman–Crippen MR) is 75.9 cm³/mol. The highest BCUT2D eigenvalue weighted by molar-refractivity contribution is 5.96. The van der Waals surface area contributed by atoms with E-state index in [1.165, 1.54) is 6.92 Å². The summed E-state index contributed by atoms with van der Waals surface area (Å²) in [6, 6.07) is 6.31. The fourth-order valence-electron chi connectivity index (χ4n) is 1.64. The maximum absolute atomic E-state index is 11.7. The molecule has 1 aromatic carbocycles. The van der Waals surface area contributed by atoms with Gasteiger partial charge in [-0.3, -0.25) is 4.79 Å². The zero-order valence-corrected chi connectivity index (χ0v) is 11.4. The first-order chi connectivity index (χ1) is 10.0. The van der Waals surface area contributed by atoms with Crippen molar-refractivity contribution in [2.45, 2.75) is 13.3 Å². The van der Waals surface area contributed by atoms with E-state index in [1.54, 1.807) is 24.3 Å². The summed E-state index contributed by atoms with van der Waals surface area (Å²) >= 11 is 0. The van der Waals surface area contributed by atoms with Crippen LogP contribution in [0.5, 0.6) is 0 Å². The van der Waals surface area contributed by atoms with Gasteiger partial charge in [0.25, 0.3) is 0 Å². The van der Waals surface area contributed by atoms with E-state index in [0.29, 0.717) is 30.1 Å². The second kappa shape index (κ2) is 6.51. The van der Waals surface area contributed by atoms with E-state index in [9.17, 15) is 9.59 Å². The molecule has 2 rings (SSSR count). The van der Waals surface area contributed by atoms with Crippen LogP contribution in [0, 0.1) is 0 Å². The van der Waals surface area contributed by atoms with Gasteiger partial charge < -0.3 is 20.8 Å². The van der Waals surface area contributed by atoms with E-state index in [4.69, 9.17) is 10.2 Å². The molecule has 0 spiro atoms. The number of carbonyl (C=O) groups is 2. The Labute approximate surface area is 120 Å². The van der Waals surface area contributed by atoms with Crippen molar-refractivity contribution in [2.24, 2.45) is 0 Å². The number of carbonyl (C=O) groups excluding carboxylic acids is 2. The number of rotatable bonds is 5. The summed E-state index contributed by atoms with van der Waals surface area (Å²) in [5, 5.41) is 12.5. The average molecular weight is 289 g/mol. The summed E-state index contributed by atoms with van der Waals surface area (Å²) in [6.07, 6.45) is 0.380. The molecule has 0 radical (unpaired) electrons. The van der Waals surface area contributed by atoms with Gasteiger partial charge in [-0.15, -0.1) is 5.10 Å². The molecule has 0 aliphatic heterocycles. The molecule has 1 aromatic heterocycles. The predicted octanol–water partition coefficient (Wildman–Crippen LogP) is 1.22. The third-order valence-corrected chi connectivity index (χ3v) is 2.63. The molecule has 0 bridgehead atoms. The highest BCUT2D eigenvalue weighted by Gasteiger charge is 2.06. The van der Waals surface area contributed by atoms with Crippen molar-refractivity contribution in [3.8, 4) is 0 Å². The van der Waals surface area contributed by atoms with Gasteiger partial charge in [0.1, 0.15) is 0 Å². The summed E-state index contributed by atoms with van der Waals surface area (Å²) in [5.41, 5.74) is 6.36. The maximum Gasteiger partial charge on any atom is 0.319 e. The van der Waals surface area contributed by atoms with Gasteiger partial charge in [0.05, 0.1) is 0 Å². The minimum atomic E-state index is -0.386. The molecule has 2 amide bonds. The quantitative estimate of drug-likeness (QED) is 0.711. The van der Waals surface area contributed by atoms with Crippen LogP contribution in [0.1, 0.15) is 23.2 Å². The fourth-order valence-corrected chi connectivity index (χ4v) is 1.64. The number of amides is 2. The lowest BCUT2D eigenvalue weighted by molar-refractivity contribution is 0.101. The fraction of sp³-hybridized carbons (Fsp3) is 0.231.